The van der Waals surface area contributed by atoms with E-state index in [0.717, 1.165) is 5.56 Å². The van der Waals surface area contributed by atoms with E-state index in [2.05, 4.69) is 24.8 Å². The third-order valence-corrected chi connectivity index (χ3v) is 5.17. The van der Waals surface area contributed by atoms with Gasteiger partial charge in [0.25, 0.3) is 0 Å². The first-order valence-corrected chi connectivity index (χ1v) is 10.5. The molecule has 30 heavy (non-hydrogen) atoms. The smallest absolute Gasteiger partial charge is 0.387 e. The van der Waals surface area contributed by atoms with Crippen molar-refractivity contribution >= 4 is 24.8 Å². The molecule has 160 valence electrons. The fourth-order valence-corrected chi connectivity index (χ4v) is 3.56. The number of fused-ring (bicyclic) bond motifs is 1. The van der Waals surface area contributed by atoms with E-state index in [1.54, 1.807) is 0 Å². The SMILES string of the molecule is O=P(O)(O)OC[C@H]1O[C@@H](n2cnc3c(NCc4ccccc4)ncnc32)C(O)[C@H]1O. The highest BCUT2D eigenvalue weighted by Crippen LogP contribution is 2.38. The average molecular weight is 437 g/mol. The Morgan fingerprint density at radius 1 is 1.13 bits per heavy atom. The molecule has 3 aromatic rings. The van der Waals surface area contributed by atoms with Gasteiger partial charge >= 0.3 is 7.82 Å². The van der Waals surface area contributed by atoms with Crippen molar-refractivity contribution in [3.63, 3.8) is 0 Å². The summed E-state index contributed by atoms with van der Waals surface area (Å²) in [7, 11) is -4.74. The minimum absolute atomic E-state index is 0.355. The second-order valence-corrected chi connectivity index (χ2v) is 7.96. The Balaban J connectivity index is 1.54. The van der Waals surface area contributed by atoms with Crippen molar-refractivity contribution in [2.45, 2.75) is 31.1 Å². The summed E-state index contributed by atoms with van der Waals surface area (Å²) in [5, 5.41) is 23.7. The Hall–Kier alpha value is -2.44. The van der Waals surface area contributed by atoms with Gasteiger partial charge in [-0.25, -0.2) is 19.5 Å². The summed E-state index contributed by atoms with van der Waals surface area (Å²) in [4.78, 5) is 30.4. The number of nitrogens with zero attached hydrogens (tertiary/aromatic N) is 4. The molecule has 2 aromatic heterocycles. The molecule has 1 aliphatic rings. The molecule has 0 radical (unpaired) electrons. The van der Waals surface area contributed by atoms with Crippen LogP contribution in [0, 0.1) is 0 Å². The zero-order valence-electron chi connectivity index (χ0n) is 15.5. The van der Waals surface area contributed by atoms with Gasteiger partial charge in [0.15, 0.2) is 23.2 Å². The van der Waals surface area contributed by atoms with Crippen LogP contribution in [0.25, 0.3) is 11.2 Å². The molecule has 3 heterocycles. The van der Waals surface area contributed by atoms with Crippen molar-refractivity contribution in [2.75, 3.05) is 11.9 Å². The molecule has 1 aliphatic heterocycles. The summed E-state index contributed by atoms with van der Waals surface area (Å²) in [6.45, 7) is -0.0760. The predicted octanol–water partition coefficient (Wildman–Crippen LogP) is 0.167. The normalized spacial score (nSPS) is 24.4. The maximum Gasteiger partial charge on any atom is 0.469 e. The first kappa shape index (κ1) is 20.8. The largest absolute Gasteiger partial charge is 0.469 e. The monoisotopic (exact) mass is 437 g/mol. The van der Waals surface area contributed by atoms with Crippen LogP contribution in [-0.4, -0.2) is 64.4 Å². The van der Waals surface area contributed by atoms with E-state index in [1.165, 1.54) is 17.2 Å². The number of hydrogen-bond acceptors (Lipinski definition) is 9. The van der Waals surface area contributed by atoms with Gasteiger partial charge in [0.05, 0.1) is 12.9 Å². The number of imidazole rings is 1. The summed E-state index contributed by atoms with van der Waals surface area (Å²) >= 11 is 0. The summed E-state index contributed by atoms with van der Waals surface area (Å²) < 4.78 is 22.3. The quantitative estimate of drug-likeness (QED) is 0.319. The zero-order valence-corrected chi connectivity index (χ0v) is 16.4. The molecule has 12 nitrogen and oxygen atoms in total. The van der Waals surface area contributed by atoms with Crippen molar-refractivity contribution in [1.29, 1.82) is 0 Å². The number of phosphoric acid groups is 1. The van der Waals surface area contributed by atoms with E-state index in [0.29, 0.717) is 23.5 Å². The molecule has 5 N–H and O–H groups in total. The number of phosphoric ester groups is 1. The molecule has 0 amide bonds. The lowest BCUT2D eigenvalue weighted by molar-refractivity contribution is -0.0504. The number of ether oxygens (including phenoxy) is 1. The van der Waals surface area contributed by atoms with Crippen LogP contribution in [0.2, 0.25) is 0 Å². The Morgan fingerprint density at radius 3 is 2.63 bits per heavy atom. The highest BCUT2D eigenvalue weighted by atomic mass is 31.2. The summed E-state index contributed by atoms with van der Waals surface area (Å²) in [5.41, 5.74) is 1.84. The molecular formula is C17H20N5O7P. The minimum Gasteiger partial charge on any atom is -0.387 e. The second-order valence-electron chi connectivity index (χ2n) is 6.72. The number of nitrogens with one attached hydrogen (secondary N) is 1. The van der Waals surface area contributed by atoms with E-state index in [4.69, 9.17) is 14.5 Å². The Bertz CT molecular complexity index is 1060. The third-order valence-electron chi connectivity index (χ3n) is 4.68. The molecule has 0 aliphatic carbocycles. The predicted molar refractivity (Wildman–Crippen MR) is 103 cm³/mol. The number of rotatable bonds is 7. The van der Waals surface area contributed by atoms with E-state index in [9.17, 15) is 14.8 Å². The van der Waals surface area contributed by atoms with Crippen LogP contribution in [0.15, 0.2) is 43.0 Å². The topological polar surface area (TPSA) is 172 Å². The maximum absolute atomic E-state index is 10.9. The third kappa shape index (κ3) is 4.35. The Morgan fingerprint density at radius 2 is 1.90 bits per heavy atom. The zero-order chi connectivity index (χ0) is 21.3. The van der Waals surface area contributed by atoms with E-state index in [-0.39, 0.29) is 0 Å². The molecule has 0 bridgehead atoms. The van der Waals surface area contributed by atoms with Crippen molar-refractivity contribution in [1.82, 2.24) is 19.5 Å². The van der Waals surface area contributed by atoms with Crippen LogP contribution in [0.1, 0.15) is 11.8 Å². The van der Waals surface area contributed by atoms with E-state index >= 15 is 0 Å². The number of aliphatic hydroxyl groups is 2. The first-order chi connectivity index (χ1) is 14.3. The van der Waals surface area contributed by atoms with E-state index in [1.807, 2.05) is 30.3 Å². The summed E-state index contributed by atoms with van der Waals surface area (Å²) in [6, 6.07) is 9.71. The molecule has 0 spiro atoms. The van der Waals surface area contributed by atoms with Crippen molar-refractivity contribution in [3.05, 3.63) is 48.5 Å². The number of aliphatic hydroxyl groups excluding tert-OH is 2. The van der Waals surface area contributed by atoms with Crippen LogP contribution >= 0.6 is 7.82 Å². The molecule has 1 fully saturated rings. The van der Waals surface area contributed by atoms with E-state index < -0.39 is 39.0 Å². The Labute approximate surface area is 170 Å². The van der Waals surface area contributed by atoms with Gasteiger partial charge in [-0.2, -0.15) is 0 Å². The van der Waals surface area contributed by atoms with Gasteiger partial charge in [0.1, 0.15) is 24.6 Å². The highest BCUT2D eigenvalue weighted by molar-refractivity contribution is 7.46. The molecule has 4 atom stereocenters. The molecule has 1 unspecified atom stereocenters. The standard InChI is InChI=1S/C17H20N5O7P/c23-13-11(7-28-30(25,26)27)29-17(14(13)24)22-9-21-12-15(19-8-20-16(12)22)18-6-10-4-2-1-3-5-10/h1-5,8-9,11,13-14,17,23-24H,6-7H2,(H,18,19,20)(H2,25,26,27)/t11-,13+,14?,17-/m1/s1. The maximum atomic E-state index is 10.9. The second kappa shape index (κ2) is 8.36. The van der Waals surface area contributed by atoms with Gasteiger partial charge in [-0.3, -0.25) is 9.09 Å². The van der Waals surface area contributed by atoms with Crippen molar-refractivity contribution < 1.29 is 33.8 Å². The van der Waals surface area contributed by atoms with Gasteiger partial charge in [0, 0.05) is 6.54 Å². The Kier molecular flexibility index (Phi) is 5.80. The summed E-state index contributed by atoms with van der Waals surface area (Å²) in [5.74, 6) is 0.483. The lowest BCUT2D eigenvalue weighted by atomic mass is 10.1. The fraction of sp³-hybridized carbons (Fsp3) is 0.353. The van der Waals surface area contributed by atoms with Crippen molar-refractivity contribution in [3.8, 4) is 0 Å². The summed E-state index contributed by atoms with van der Waals surface area (Å²) in [6.07, 6.45) is -2.31. The minimum atomic E-state index is -4.74. The molecular weight excluding hydrogens is 417 g/mol. The number of benzene rings is 1. The lowest BCUT2D eigenvalue weighted by Crippen LogP contribution is -2.33. The van der Waals surface area contributed by atoms with Crippen LogP contribution in [0.3, 0.4) is 0 Å². The molecule has 1 saturated heterocycles. The van der Waals surface area contributed by atoms with Gasteiger partial charge in [-0.05, 0) is 5.56 Å². The van der Waals surface area contributed by atoms with Gasteiger partial charge in [-0.15, -0.1) is 0 Å². The molecule has 4 rings (SSSR count). The molecule has 13 heteroatoms. The van der Waals surface area contributed by atoms with Gasteiger partial charge in [0.2, 0.25) is 0 Å². The van der Waals surface area contributed by atoms with Crippen LogP contribution in [0.5, 0.6) is 0 Å². The molecule has 1 aromatic carbocycles. The number of aromatic nitrogens is 4. The van der Waals surface area contributed by atoms with Gasteiger partial charge < -0.3 is 30.1 Å². The lowest BCUT2D eigenvalue weighted by Gasteiger charge is -2.16. The average Bonchev–Trinajstić information content (AvgIpc) is 3.27. The molecule has 0 saturated carbocycles. The van der Waals surface area contributed by atoms with Crippen molar-refractivity contribution in [2.24, 2.45) is 0 Å². The fourth-order valence-electron chi connectivity index (χ4n) is 3.22. The number of hydrogen-bond donors (Lipinski definition) is 5. The first-order valence-electron chi connectivity index (χ1n) is 9.00. The van der Waals surface area contributed by atoms with Crippen LogP contribution < -0.4 is 5.32 Å². The van der Waals surface area contributed by atoms with Crippen LogP contribution in [-0.2, 0) is 20.4 Å². The van der Waals surface area contributed by atoms with Crippen LogP contribution in [0.4, 0.5) is 5.82 Å². The van der Waals surface area contributed by atoms with Gasteiger partial charge in [-0.1, -0.05) is 30.3 Å². The highest BCUT2D eigenvalue weighted by Gasteiger charge is 2.45. The number of anilines is 1.